The first-order valence-corrected chi connectivity index (χ1v) is 9.59. The van der Waals surface area contributed by atoms with Gasteiger partial charge in [-0.25, -0.2) is 9.97 Å². The molecule has 2 aromatic carbocycles. The molecule has 1 aromatic heterocycles. The van der Waals surface area contributed by atoms with E-state index in [1.165, 1.54) is 13.4 Å². The number of piperazine rings is 1. The highest BCUT2D eigenvalue weighted by molar-refractivity contribution is 6.34. The van der Waals surface area contributed by atoms with Gasteiger partial charge in [-0.2, -0.15) is 0 Å². The van der Waals surface area contributed by atoms with Crippen LogP contribution in [0.2, 0.25) is 10.0 Å². The molecule has 6 nitrogen and oxygen atoms in total. The minimum atomic E-state index is -0.396. The Hall–Kier alpha value is -2.41. The number of hydrogen-bond acceptors (Lipinski definition) is 6. The van der Waals surface area contributed by atoms with Gasteiger partial charge < -0.3 is 15.0 Å². The molecular formula is C20H18Cl2N4O2. The summed E-state index contributed by atoms with van der Waals surface area (Å²) < 4.78 is 4.87. The number of nitrogens with one attached hydrogen (secondary N) is 1. The second-order valence-corrected chi connectivity index (χ2v) is 7.37. The summed E-state index contributed by atoms with van der Waals surface area (Å²) in [5, 5.41) is 5.32. The van der Waals surface area contributed by atoms with E-state index in [-0.39, 0.29) is 5.97 Å². The minimum Gasteiger partial charge on any atom is -0.468 e. The molecule has 3 aromatic rings. The third kappa shape index (κ3) is 3.63. The van der Waals surface area contributed by atoms with E-state index in [4.69, 9.17) is 27.9 Å². The third-order valence-corrected chi connectivity index (χ3v) is 5.38. The van der Waals surface area contributed by atoms with Crippen LogP contribution in [-0.4, -0.2) is 48.7 Å². The Morgan fingerprint density at radius 3 is 2.75 bits per heavy atom. The zero-order valence-electron chi connectivity index (χ0n) is 15.2. The summed E-state index contributed by atoms with van der Waals surface area (Å²) in [5.41, 5.74) is 2.58. The van der Waals surface area contributed by atoms with E-state index in [1.807, 2.05) is 36.4 Å². The van der Waals surface area contributed by atoms with Gasteiger partial charge in [-0.1, -0.05) is 35.3 Å². The lowest BCUT2D eigenvalue weighted by Gasteiger charge is -2.33. The summed E-state index contributed by atoms with van der Waals surface area (Å²) in [6, 6.07) is 11.0. The molecule has 4 rings (SSSR count). The molecule has 1 aliphatic rings. The summed E-state index contributed by atoms with van der Waals surface area (Å²) in [6.45, 7) is 1.85. The summed E-state index contributed by atoms with van der Waals surface area (Å²) in [6.07, 6.45) is 1.52. The number of fused-ring (bicyclic) bond motifs is 1. The molecule has 1 saturated heterocycles. The highest BCUT2D eigenvalue weighted by atomic mass is 35.5. The molecule has 2 heterocycles. The van der Waals surface area contributed by atoms with Gasteiger partial charge in [0, 0.05) is 35.6 Å². The lowest BCUT2D eigenvalue weighted by atomic mass is 10.0. The van der Waals surface area contributed by atoms with Gasteiger partial charge in [0.25, 0.3) is 0 Å². The molecule has 1 atom stereocenters. The number of carbonyl (C=O) groups is 1. The maximum atomic E-state index is 11.9. The smallest absolute Gasteiger partial charge is 0.324 e. The standard InChI is InChI=1S/C20H18Cl2N4O2/c1-28-20(27)18-10-26(7-6-23-18)19-15-8-14(12-2-4-13(21)5-3-12)16(22)9-17(15)24-11-25-19/h2-5,8-9,11,18,23H,6-7,10H2,1H3/t18-/m0/s1. The number of rotatable bonds is 3. The molecule has 8 heteroatoms. The van der Waals surface area contributed by atoms with Crippen LogP contribution in [-0.2, 0) is 9.53 Å². The number of nitrogens with zero attached hydrogens (tertiary/aromatic N) is 3. The Morgan fingerprint density at radius 2 is 2.00 bits per heavy atom. The topological polar surface area (TPSA) is 67.3 Å². The van der Waals surface area contributed by atoms with Crippen molar-refractivity contribution in [1.29, 1.82) is 0 Å². The van der Waals surface area contributed by atoms with E-state index in [1.54, 1.807) is 0 Å². The van der Waals surface area contributed by atoms with Crippen molar-refractivity contribution in [2.24, 2.45) is 0 Å². The molecule has 0 aliphatic carbocycles. The summed E-state index contributed by atoms with van der Waals surface area (Å²) in [7, 11) is 1.39. The van der Waals surface area contributed by atoms with Crippen LogP contribution >= 0.6 is 23.2 Å². The van der Waals surface area contributed by atoms with Gasteiger partial charge in [0.1, 0.15) is 18.2 Å². The number of carbonyl (C=O) groups excluding carboxylic acids is 1. The van der Waals surface area contributed by atoms with Gasteiger partial charge in [-0.3, -0.25) is 4.79 Å². The number of anilines is 1. The highest BCUT2D eigenvalue weighted by Gasteiger charge is 2.27. The van der Waals surface area contributed by atoms with Crippen LogP contribution in [0.3, 0.4) is 0 Å². The quantitative estimate of drug-likeness (QED) is 0.658. The summed E-state index contributed by atoms with van der Waals surface area (Å²) in [4.78, 5) is 22.9. The number of methoxy groups -OCH3 is 1. The predicted octanol–water partition coefficient (Wildman–Crippen LogP) is 3.55. The number of esters is 1. The largest absolute Gasteiger partial charge is 0.468 e. The molecule has 0 bridgehead atoms. The molecule has 0 unspecified atom stereocenters. The van der Waals surface area contributed by atoms with Crippen LogP contribution < -0.4 is 10.2 Å². The van der Waals surface area contributed by atoms with Crippen LogP contribution in [0.4, 0.5) is 5.82 Å². The van der Waals surface area contributed by atoms with E-state index >= 15 is 0 Å². The molecule has 144 valence electrons. The molecule has 1 fully saturated rings. The van der Waals surface area contributed by atoms with Crippen molar-refractivity contribution < 1.29 is 9.53 Å². The van der Waals surface area contributed by atoms with Gasteiger partial charge in [0.15, 0.2) is 0 Å². The molecule has 0 spiro atoms. The van der Waals surface area contributed by atoms with Crippen molar-refractivity contribution in [3.05, 3.63) is 52.8 Å². The molecule has 0 saturated carbocycles. The van der Waals surface area contributed by atoms with Crippen molar-refractivity contribution in [3.63, 3.8) is 0 Å². The predicted molar refractivity (Wildman–Crippen MR) is 111 cm³/mol. The van der Waals surface area contributed by atoms with Crippen molar-refractivity contribution in [3.8, 4) is 11.1 Å². The number of ether oxygens (including phenoxy) is 1. The second-order valence-electron chi connectivity index (χ2n) is 6.53. The van der Waals surface area contributed by atoms with Crippen LogP contribution in [0.1, 0.15) is 0 Å². The van der Waals surface area contributed by atoms with E-state index in [0.717, 1.165) is 34.4 Å². The van der Waals surface area contributed by atoms with Gasteiger partial charge in [-0.05, 0) is 29.8 Å². The zero-order chi connectivity index (χ0) is 19.7. The molecule has 0 amide bonds. The lowest BCUT2D eigenvalue weighted by molar-refractivity contribution is -0.143. The second kappa shape index (κ2) is 7.91. The van der Waals surface area contributed by atoms with E-state index < -0.39 is 6.04 Å². The normalized spacial score (nSPS) is 17.0. The number of benzene rings is 2. The average Bonchev–Trinajstić information content (AvgIpc) is 2.73. The molecule has 0 radical (unpaired) electrons. The van der Waals surface area contributed by atoms with Gasteiger partial charge in [-0.15, -0.1) is 0 Å². The maximum absolute atomic E-state index is 11.9. The first-order valence-electron chi connectivity index (χ1n) is 8.83. The number of hydrogen-bond donors (Lipinski definition) is 1. The summed E-state index contributed by atoms with van der Waals surface area (Å²) >= 11 is 12.5. The van der Waals surface area contributed by atoms with Crippen LogP contribution in [0.25, 0.3) is 22.0 Å². The monoisotopic (exact) mass is 416 g/mol. The molecular weight excluding hydrogens is 399 g/mol. The Kier molecular flexibility index (Phi) is 5.35. The third-order valence-electron chi connectivity index (χ3n) is 4.82. The Bertz CT molecular complexity index is 1030. The zero-order valence-corrected chi connectivity index (χ0v) is 16.7. The first kappa shape index (κ1) is 18.9. The maximum Gasteiger partial charge on any atom is 0.324 e. The van der Waals surface area contributed by atoms with Gasteiger partial charge >= 0.3 is 5.97 Å². The van der Waals surface area contributed by atoms with E-state index in [2.05, 4.69) is 20.2 Å². The van der Waals surface area contributed by atoms with E-state index in [9.17, 15) is 4.79 Å². The highest BCUT2D eigenvalue weighted by Crippen LogP contribution is 2.35. The Labute approximate surface area is 172 Å². The van der Waals surface area contributed by atoms with Crippen LogP contribution in [0.5, 0.6) is 0 Å². The first-order chi connectivity index (χ1) is 13.6. The fourth-order valence-corrected chi connectivity index (χ4v) is 3.80. The van der Waals surface area contributed by atoms with Gasteiger partial charge in [0.05, 0.1) is 17.6 Å². The fourth-order valence-electron chi connectivity index (χ4n) is 3.41. The Balaban J connectivity index is 1.78. The fraction of sp³-hybridized carbons (Fsp3) is 0.250. The van der Waals surface area contributed by atoms with Gasteiger partial charge in [0.2, 0.25) is 0 Å². The van der Waals surface area contributed by atoms with Crippen LogP contribution in [0.15, 0.2) is 42.7 Å². The minimum absolute atomic E-state index is 0.284. The molecule has 1 aliphatic heterocycles. The molecule has 1 N–H and O–H groups in total. The van der Waals surface area contributed by atoms with E-state index in [0.29, 0.717) is 23.1 Å². The van der Waals surface area contributed by atoms with Crippen LogP contribution in [0, 0.1) is 0 Å². The van der Waals surface area contributed by atoms with Crippen molar-refractivity contribution in [2.75, 3.05) is 31.6 Å². The Morgan fingerprint density at radius 1 is 1.21 bits per heavy atom. The number of aromatic nitrogens is 2. The van der Waals surface area contributed by atoms with Crippen molar-refractivity contribution in [1.82, 2.24) is 15.3 Å². The number of halogens is 2. The average molecular weight is 417 g/mol. The molecule has 28 heavy (non-hydrogen) atoms. The lowest BCUT2D eigenvalue weighted by Crippen LogP contribution is -2.54. The SMILES string of the molecule is COC(=O)[C@@H]1CN(c2ncnc3cc(Cl)c(-c4ccc(Cl)cc4)cc23)CCN1. The van der Waals surface area contributed by atoms with Crippen molar-refractivity contribution >= 4 is 45.9 Å². The van der Waals surface area contributed by atoms with Crippen molar-refractivity contribution in [2.45, 2.75) is 6.04 Å². The summed E-state index contributed by atoms with van der Waals surface area (Å²) in [5.74, 6) is 0.486.